The molecule has 0 saturated heterocycles. The molecule has 0 radical (unpaired) electrons. The number of nitrogens with zero attached hydrogens (tertiary/aromatic N) is 4. The largest absolute Gasteiger partial charge is 0.353 e. The first-order valence-electron chi connectivity index (χ1n) is 7.96. The molecule has 1 atom stereocenters. The van der Waals surface area contributed by atoms with Crippen LogP contribution in [0.2, 0.25) is 0 Å². The molecule has 1 heterocycles. The number of benzene rings is 1. The fourth-order valence-corrected chi connectivity index (χ4v) is 2.28. The number of hydrogen-bond acceptors (Lipinski definition) is 5. The first-order chi connectivity index (χ1) is 11.1. The van der Waals surface area contributed by atoms with Crippen LogP contribution in [0, 0.1) is 5.92 Å². The van der Waals surface area contributed by atoms with E-state index in [9.17, 15) is 4.79 Å². The van der Waals surface area contributed by atoms with Crippen molar-refractivity contribution < 1.29 is 4.79 Å². The van der Waals surface area contributed by atoms with Crippen molar-refractivity contribution in [3.63, 3.8) is 0 Å². The quantitative estimate of drug-likeness (QED) is 0.706. The maximum atomic E-state index is 12.4. The highest BCUT2D eigenvalue weighted by molar-refractivity contribution is 5.85. The molecule has 0 spiro atoms. The lowest BCUT2D eigenvalue weighted by atomic mass is 10.0. The molecule has 0 aliphatic rings. The zero-order valence-corrected chi connectivity index (χ0v) is 15.1. The van der Waals surface area contributed by atoms with E-state index in [0.29, 0.717) is 12.4 Å². The van der Waals surface area contributed by atoms with Crippen molar-refractivity contribution in [3.8, 4) is 11.4 Å². The maximum absolute atomic E-state index is 12.4. The van der Waals surface area contributed by atoms with Gasteiger partial charge in [0.05, 0.1) is 0 Å². The first kappa shape index (κ1) is 20.1. The van der Waals surface area contributed by atoms with Gasteiger partial charge in [-0.05, 0) is 17.7 Å². The standard InChI is InChI=1S/C16H24N6O.ClH/c1-4-17-10-11-18-16(23)14(12(2)3)22-20-15(19-21-22)13-8-6-5-7-9-13;/h5-9,12,14,17H,4,10-11H2,1-3H3,(H,18,23);1H. The van der Waals surface area contributed by atoms with Gasteiger partial charge >= 0.3 is 0 Å². The Morgan fingerprint density at radius 2 is 1.92 bits per heavy atom. The van der Waals surface area contributed by atoms with Crippen molar-refractivity contribution >= 4 is 18.3 Å². The number of amides is 1. The highest BCUT2D eigenvalue weighted by Crippen LogP contribution is 2.18. The van der Waals surface area contributed by atoms with E-state index >= 15 is 0 Å². The topological polar surface area (TPSA) is 84.7 Å². The van der Waals surface area contributed by atoms with Crippen LogP contribution in [0.4, 0.5) is 0 Å². The number of hydrogen-bond donors (Lipinski definition) is 2. The molecule has 1 unspecified atom stereocenters. The molecule has 0 fully saturated rings. The zero-order chi connectivity index (χ0) is 16.7. The van der Waals surface area contributed by atoms with E-state index in [1.165, 1.54) is 4.80 Å². The second-order valence-electron chi connectivity index (χ2n) is 5.63. The van der Waals surface area contributed by atoms with E-state index in [1.54, 1.807) is 0 Å². The predicted octanol–water partition coefficient (Wildman–Crippen LogP) is 1.68. The Morgan fingerprint density at radius 3 is 2.54 bits per heavy atom. The molecular formula is C16H25ClN6O. The van der Waals surface area contributed by atoms with Gasteiger partial charge in [-0.25, -0.2) is 0 Å². The Kier molecular flexibility index (Phi) is 8.35. The van der Waals surface area contributed by atoms with E-state index < -0.39 is 6.04 Å². The number of likely N-dealkylation sites (N-methyl/N-ethyl adjacent to an activating group) is 1. The molecule has 0 bridgehead atoms. The Morgan fingerprint density at radius 1 is 1.21 bits per heavy atom. The van der Waals surface area contributed by atoms with Gasteiger partial charge in [0, 0.05) is 18.7 Å². The third-order valence-corrected chi connectivity index (χ3v) is 3.46. The molecule has 2 rings (SSSR count). The van der Waals surface area contributed by atoms with Gasteiger partial charge in [0.15, 0.2) is 6.04 Å². The van der Waals surface area contributed by atoms with Crippen molar-refractivity contribution in [2.24, 2.45) is 5.92 Å². The van der Waals surface area contributed by atoms with Crippen LogP contribution in [0.3, 0.4) is 0 Å². The maximum Gasteiger partial charge on any atom is 0.247 e. The van der Waals surface area contributed by atoms with E-state index in [4.69, 9.17) is 0 Å². The number of carbonyl (C=O) groups is 1. The summed E-state index contributed by atoms with van der Waals surface area (Å²) in [5, 5.41) is 18.6. The van der Waals surface area contributed by atoms with Crippen LogP contribution in [0.15, 0.2) is 30.3 Å². The highest BCUT2D eigenvalue weighted by atomic mass is 35.5. The van der Waals surface area contributed by atoms with Gasteiger partial charge in [-0.2, -0.15) is 4.80 Å². The minimum absolute atomic E-state index is 0. The van der Waals surface area contributed by atoms with Crippen molar-refractivity contribution in [2.75, 3.05) is 19.6 Å². The number of carbonyl (C=O) groups excluding carboxylic acids is 1. The lowest BCUT2D eigenvalue weighted by molar-refractivity contribution is -0.126. The smallest absolute Gasteiger partial charge is 0.247 e. The summed E-state index contributed by atoms with van der Waals surface area (Å²) >= 11 is 0. The predicted molar refractivity (Wildman–Crippen MR) is 95.9 cm³/mol. The Bertz CT molecular complexity index is 616. The monoisotopic (exact) mass is 352 g/mol. The fraction of sp³-hybridized carbons (Fsp3) is 0.500. The zero-order valence-electron chi connectivity index (χ0n) is 14.3. The van der Waals surface area contributed by atoms with Crippen molar-refractivity contribution in [2.45, 2.75) is 26.8 Å². The molecule has 24 heavy (non-hydrogen) atoms. The van der Waals surface area contributed by atoms with E-state index in [0.717, 1.165) is 18.7 Å². The summed E-state index contributed by atoms with van der Waals surface area (Å²) in [5.74, 6) is 0.499. The molecule has 132 valence electrons. The molecule has 1 aromatic heterocycles. The summed E-state index contributed by atoms with van der Waals surface area (Å²) in [6.07, 6.45) is 0. The van der Waals surface area contributed by atoms with Gasteiger partial charge in [0.25, 0.3) is 0 Å². The summed E-state index contributed by atoms with van der Waals surface area (Å²) in [6.45, 7) is 8.18. The van der Waals surface area contributed by atoms with Gasteiger partial charge in [-0.1, -0.05) is 51.1 Å². The molecule has 0 aliphatic heterocycles. The van der Waals surface area contributed by atoms with Crippen molar-refractivity contribution in [1.82, 2.24) is 30.8 Å². The number of rotatable bonds is 8. The molecule has 0 aliphatic carbocycles. The van der Waals surface area contributed by atoms with Crippen LogP contribution in [0.1, 0.15) is 26.8 Å². The lowest BCUT2D eigenvalue weighted by Crippen LogP contribution is -2.39. The number of tetrazole rings is 1. The summed E-state index contributed by atoms with van der Waals surface area (Å²) in [7, 11) is 0. The normalized spacial score (nSPS) is 11.8. The SMILES string of the molecule is CCNCCNC(=O)C(C(C)C)n1nnc(-c2ccccc2)n1.Cl. The Balaban J connectivity index is 0.00000288. The van der Waals surface area contributed by atoms with Crippen molar-refractivity contribution in [3.05, 3.63) is 30.3 Å². The Labute approximate surface area is 148 Å². The van der Waals surface area contributed by atoms with Crippen LogP contribution >= 0.6 is 12.4 Å². The molecule has 8 heteroatoms. The van der Waals surface area contributed by atoms with Crippen LogP contribution in [0.25, 0.3) is 11.4 Å². The van der Waals surface area contributed by atoms with Crippen molar-refractivity contribution in [1.29, 1.82) is 0 Å². The van der Waals surface area contributed by atoms with Crippen LogP contribution in [0.5, 0.6) is 0 Å². The van der Waals surface area contributed by atoms with E-state index in [1.807, 2.05) is 51.1 Å². The van der Waals surface area contributed by atoms with Gasteiger partial charge in [0.1, 0.15) is 0 Å². The summed E-state index contributed by atoms with van der Waals surface area (Å²) < 4.78 is 0. The molecule has 1 aromatic carbocycles. The van der Waals surface area contributed by atoms with Crippen LogP contribution in [-0.4, -0.2) is 45.7 Å². The van der Waals surface area contributed by atoms with E-state index in [2.05, 4.69) is 26.0 Å². The highest BCUT2D eigenvalue weighted by Gasteiger charge is 2.26. The van der Waals surface area contributed by atoms with Crippen LogP contribution < -0.4 is 10.6 Å². The first-order valence-corrected chi connectivity index (χ1v) is 7.96. The average Bonchev–Trinajstić information content (AvgIpc) is 3.02. The molecule has 2 aromatic rings. The summed E-state index contributed by atoms with van der Waals surface area (Å²) in [4.78, 5) is 13.8. The second-order valence-corrected chi connectivity index (χ2v) is 5.63. The number of halogens is 1. The third kappa shape index (κ3) is 5.28. The van der Waals surface area contributed by atoms with E-state index in [-0.39, 0.29) is 24.2 Å². The number of aromatic nitrogens is 4. The minimum atomic E-state index is -0.471. The summed E-state index contributed by atoms with van der Waals surface area (Å²) in [6, 6.07) is 9.14. The second kappa shape index (κ2) is 10.00. The summed E-state index contributed by atoms with van der Waals surface area (Å²) in [5.41, 5.74) is 0.883. The van der Waals surface area contributed by atoms with Gasteiger partial charge in [-0.15, -0.1) is 22.6 Å². The molecule has 0 saturated carbocycles. The molecular weight excluding hydrogens is 328 g/mol. The molecule has 1 amide bonds. The average molecular weight is 353 g/mol. The Hall–Kier alpha value is -1.99. The lowest BCUT2D eigenvalue weighted by Gasteiger charge is -2.18. The third-order valence-electron chi connectivity index (χ3n) is 3.46. The van der Waals surface area contributed by atoms with Gasteiger partial charge in [0.2, 0.25) is 11.7 Å². The van der Waals surface area contributed by atoms with Gasteiger partial charge in [-0.3, -0.25) is 4.79 Å². The van der Waals surface area contributed by atoms with Crippen LogP contribution in [-0.2, 0) is 4.79 Å². The number of nitrogens with one attached hydrogen (secondary N) is 2. The minimum Gasteiger partial charge on any atom is -0.353 e. The molecule has 7 nitrogen and oxygen atoms in total. The molecule has 2 N–H and O–H groups in total. The van der Waals surface area contributed by atoms with Gasteiger partial charge < -0.3 is 10.6 Å². The fourth-order valence-electron chi connectivity index (χ4n) is 2.28.